The lowest BCUT2D eigenvalue weighted by Gasteiger charge is -2.17. The van der Waals surface area contributed by atoms with Gasteiger partial charge in [-0.1, -0.05) is 42.1 Å². The lowest BCUT2D eigenvalue weighted by Crippen LogP contribution is -2.24. The molecule has 1 amide bonds. The monoisotopic (exact) mass is 351 g/mol. The maximum atomic E-state index is 13.9. The van der Waals surface area contributed by atoms with Gasteiger partial charge < -0.3 is 9.84 Å². The molecule has 128 valence electrons. The SMILES string of the molecule is Cc1ccc(F)c(C(=O)NCc2nc(C3CCCCC3)no2)c1Cl. The van der Waals surface area contributed by atoms with Gasteiger partial charge in [0.05, 0.1) is 17.1 Å². The Kier molecular flexibility index (Phi) is 5.14. The van der Waals surface area contributed by atoms with Gasteiger partial charge in [0.1, 0.15) is 5.82 Å². The standard InChI is InChI=1S/C17H19ClFN3O2/c1-10-7-8-12(19)14(15(10)18)17(23)20-9-13-21-16(22-24-13)11-5-3-2-4-6-11/h7-8,11H,2-6,9H2,1H3,(H,20,23). The summed E-state index contributed by atoms with van der Waals surface area (Å²) in [5.41, 5.74) is 0.476. The fourth-order valence-corrected chi connectivity index (χ4v) is 3.21. The number of aromatic nitrogens is 2. The largest absolute Gasteiger partial charge is 0.343 e. The second kappa shape index (κ2) is 7.30. The van der Waals surface area contributed by atoms with E-state index in [1.54, 1.807) is 6.92 Å². The Morgan fingerprint density at radius 3 is 2.88 bits per heavy atom. The predicted octanol–water partition coefficient (Wildman–Crippen LogP) is 4.15. The number of carbonyl (C=O) groups is 1. The summed E-state index contributed by atoms with van der Waals surface area (Å²) in [6.07, 6.45) is 5.73. The fraction of sp³-hybridized carbons (Fsp3) is 0.471. The lowest BCUT2D eigenvalue weighted by molar-refractivity contribution is 0.0942. The molecular weight excluding hydrogens is 333 g/mol. The predicted molar refractivity (Wildman–Crippen MR) is 87.4 cm³/mol. The molecule has 1 aliphatic carbocycles. The summed E-state index contributed by atoms with van der Waals surface area (Å²) in [4.78, 5) is 16.5. The van der Waals surface area contributed by atoms with Gasteiger partial charge in [-0.25, -0.2) is 4.39 Å². The van der Waals surface area contributed by atoms with Gasteiger partial charge >= 0.3 is 0 Å². The smallest absolute Gasteiger partial charge is 0.256 e. The van der Waals surface area contributed by atoms with Crippen molar-refractivity contribution >= 4 is 17.5 Å². The lowest BCUT2D eigenvalue weighted by atomic mass is 9.89. The van der Waals surface area contributed by atoms with Crippen molar-refractivity contribution in [3.63, 3.8) is 0 Å². The van der Waals surface area contributed by atoms with Crippen molar-refractivity contribution in [2.45, 2.75) is 51.5 Å². The average Bonchev–Trinajstić information content (AvgIpc) is 3.06. The van der Waals surface area contributed by atoms with Crippen LogP contribution in [0.1, 0.15) is 65.7 Å². The van der Waals surface area contributed by atoms with Crippen LogP contribution in [0.2, 0.25) is 5.02 Å². The van der Waals surface area contributed by atoms with Gasteiger partial charge in [-0.15, -0.1) is 0 Å². The third-order valence-electron chi connectivity index (χ3n) is 4.37. The molecule has 1 aliphatic rings. The Labute approximate surface area is 144 Å². The van der Waals surface area contributed by atoms with Gasteiger partial charge in [-0.05, 0) is 31.4 Å². The van der Waals surface area contributed by atoms with Crippen molar-refractivity contribution in [3.05, 3.63) is 45.8 Å². The molecule has 1 saturated carbocycles. The van der Waals surface area contributed by atoms with Crippen molar-refractivity contribution in [1.82, 2.24) is 15.5 Å². The third kappa shape index (κ3) is 3.59. The van der Waals surface area contributed by atoms with Gasteiger partial charge in [0.15, 0.2) is 5.82 Å². The molecule has 0 atom stereocenters. The minimum absolute atomic E-state index is 0.0439. The molecule has 1 N–H and O–H groups in total. The molecule has 5 nitrogen and oxygen atoms in total. The van der Waals surface area contributed by atoms with Crippen LogP contribution in [-0.2, 0) is 6.54 Å². The first-order valence-corrected chi connectivity index (χ1v) is 8.49. The highest BCUT2D eigenvalue weighted by Crippen LogP contribution is 2.30. The van der Waals surface area contributed by atoms with Crippen molar-refractivity contribution in [2.24, 2.45) is 0 Å². The molecule has 3 rings (SSSR count). The zero-order valence-corrected chi connectivity index (χ0v) is 14.2. The number of hydrogen-bond acceptors (Lipinski definition) is 4. The second-order valence-corrected chi connectivity index (χ2v) is 6.50. The number of nitrogens with one attached hydrogen (secondary N) is 1. The van der Waals surface area contributed by atoms with E-state index >= 15 is 0 Å². The highest BCUT2D eigenvalue weighted by atomic mass is 35.5. The first kappa shape index (κ1) is 16.9. The van der Waals surface area contributed by atoms with E-state index in [4.69, 9.17) is 16.1 Å². The molecule has 0 saturated heterocycles. The molecule has 0 spiro atoms. The van der Waals surface area contributed by atoms with E-state index in [1.165, 1.54) is 31.4 Å². The molecular formula is C17H19ClFN3O2. The molecule has 1 aromatic heterocycles. The molecule has 0 unspecified atom stereocenters. The summed E-state index contributed by atoms with van der Waals surface area (Å²) in [7, 11) is 0. The molecule has 1 aromatic carbocycles. The number of hydrogen-bond donors (Lipinski definition) is 1. The van der Waals surface area contributed by atoms with Gasteiger partial charge in [0, 0.05) is 5.92 Å². The van der Waals surface area contributed by atoms with Crippen molar-refractivity contribution < 1.29 is 13.7 Å². The van der Waals surface area contributed by atoms with Gasteiger partial charge in [0.2, 0.25) is 5.89 Å². The van der Waals surface area contributed by atoms with Crippen LogP contribution in [-0.4, -0.2) is 16.0 Å². The van der Waals surface area contributed by atoms with E-state index in [2.05, 4.69) is 15.5 Å². The number of rotatable bonds is 4. The summed E-state index contributed by atoms with van der Waals surface area (Å²) in [6, 6.07) is 2.76. The summed E-state index contributed by atoms with van der Waals surface area (Å²) in [5, 5.41) is 6.69. The second-order valence-electron chi connectivity index (χ2n) is 6.12. The number of benzene rings is 1. The average molecular weight is 352 g/mol. The summed E-state index contributed by atoms with van der Waals surface area (Å²) < 4.78 is 19.0. The summed E-state index contributed by atoms with van der Waals surface area (Å²) in [6.45, 7) is 1.76. The van der Waals surface area contributed by atoms with Crippen LogP contribution < -0.4 is 5.32 Å². The van der Waals surface area contributed by atoms with Gasteiger partial charge in [-0.3, -0.25) is 4.79 Å². The van der Waals surface area contributed by atoms with Crippen LogP contribution in [0.3, 0.4) is 0 Å². The fourth-order valence-electron chi connectivity index (χ4n) is 2.98. The third-order valence-corrected chi connectivity index (χ3v) is 4.85. The van der Waals surface area contributed by atoms with Crippen LogP contribution in [0.15, 0.2) is 16.7 Å². The van der Waals surface area contributed by atoms with E-state index in [0.29, 0.717) is 23.2 Å². The molecule has 0 aliphatic heterocycles. The maximum Gasteiger partial charge on any atom is 0.256 e. The molecule has 1 fully saturated rings. The number of halogens is 2. The van der Waals surface area contributed by atoms with E-state index in [0.717, 1.165) is 12.8 Å². The Morgan fingerprint density at radius 2 is 2.12 bits per heavy atom. The minimum Gasteiger partial charge on any atom is -0.343 e. The topological polar surface area (TPSA) is 68.0 Å². The van der Waals surface area contributed by atoms with Crippen molar-refractivity contribution in [1.29, 1.82) is 0 Å². The molecule has 7 heteroatoms. The van der Waals surface area contributed by atoms with Crippen molar-refractivity contribution in [3.8, 4) is 0 Å². The Balaban J connectivity index is 1.65. The molecule has 24 heavy (non-hydrogen) atoms. The van der Waals surface area contributed by atoms with Crippen LogP contribution in [0.5, 0.6) is 0 Å². The van der Waals surface area contributed by atoms with E-state index in [9.17, 15) is 9.18 Å². The van der Waals surface area contributed by atoms with E-state index in [1.807, 2.05) is 0 Å². The van der Waals surface area contributed by atoms with Crippen molar-refractivity contribution in [2.75, 3.05) is 0 Å². The first-order valence-electron chi connectivity index (χ1n) is 8.11. The summed E-state index contributed by atoms with van der Waals surface area (Å²) >= 11 is 6.03. The Morgan fingerprint density at radius 1 is 1.38 bits per heavy atom. The molecule has 0 radical (unpaired) electrons. The highest BCUT2D eigenvalue weighted by Gasteiger charge is 2.22. The highest BCUT2D eigenvalue weighted by molar-refractivity contribution is 6.34. The molecule has 2 aromatic rings. The van der Waals surface area contributed by atoms with Crippen LogP contribution >= 0.6 is 11.6 Å². The number of aryl methyl sites for hydroxylation is 1. The van der Waals surface area contributed by atoms with Gasteiger partial charge in [-0.2, -0.15) is 4.98 Å². The minimum atomic E-state index is -0.656. The zero-order chi connectivity index (χ0) is 17.1. The molecule has 0 bridgehead atoms. The Bertz CT molecular complexity index is 741. The Hall–Kier alpha value is -1.95. The zero-order valence-electron chi connectivity index (χ0n) is 13.4. The normalized spacial score (nSPS) is 15.5. The quantitative estimate of drug-likeness (QED) is 0.898. The summed E-state index contributed by atoms with van der Waals surface area (Å²) in [5.74, 6) is 0.0811. The number of carbonyl (C=O) groups excluding carboxylic acids is 1. The van der Waals surface area contributed by atoms with Gasteiger partial charge in [0.25, 0.3) is 5.91 Å². The first-order chi connectivity index (χ1) is 11.6. The van der Waals surface area contributed by atoms with Crippen LogP contribution in [0, 0.1) is 12.7 Å². The number of nitrogens with zero attached hydrogens (tertiary/aromatic N) is 2. The maximum absolute atomic E-state index is 13.9. The molecule has 1 heterocycles. The van der Waals surface area contributed by atoms with Crippen LogP contribution in [0.4, 0.5) is 4.39 Å². The van der Waals surface area contributed by atoms with E-state index in [-0.39, 0.29) is 17.1 Å². The number of amides is 1. The van der Waals surface area contributed by atoms with E-state index < -0.39 is 11.7 Å². The van der Waals surface area contributed by atoms with Crippen LogP contribution in [0.25, 0.3) is 0 Å².